The largest absolute Gasteiger partial charge is 0.484 e. The van der Waals surface area contributed by atoms with Crippen molar-refractivity contribution < 1.29 is 9.84 Å². The van der Waals surface area contributed by atoms with Crippen LogP contribution < -0.4 is 10.5 Å². The predicted molar refractivity (Wildman–Crippen MR) is 73.6 cm³/mol. The Hall–Kier alpha value is -1.91. The molecule has 0 aliphatic carbocycles. The molecule has 2 rings (SSSR count). The lowest BCUT2D eigenvalue weighted by Crippen LogP contribution is -2.29. The molecule has 3 N–H and O–H groups in total. The standard InChI is InChI=1S/C15H18N2O2/c1-11(16)15(13-6-8-17-9-7-13)19-14-4-2-12(10-18)3-5-14/h2-9,11,15,18H,10,16H2,1H3. The molecule has 4 heteroatoms. The second-order valence-corrected chi connectivity index (χ2v) is 4.48. The summed E-state index contributed by atoms with van der Waals surface area (Å²) in [6.07, 6.45) is 3.23. The Labute approximate surface area is 112 Å². The van der Waals surface area contributed by atoms with E-state index in [9.17, 15) is 0 Å². The van der Waals surface area contributed by atoms with Gasteiger partial charge in [-0.3, -0.25) is 4.98 Å². The van der Waals surface area contributed by atoms with Gasteiger partial charge in [0.05, 0.1) is 6.61 Å². The van der Waals surface area contributed by atoms with Crippen molar-refractivity contribution in [3.63, 3.8) is 0 Å². The number of aliphatic hydroxyl groups excluding tert-OH is 1. The van der Waals surface area contributed by atoms with Gasteiger partial charge < -0.3 is 15.6 Å². The zero-order valence-electron chi connectivity index (χ0n) is 10.9. The van der Waals surface area contributed by atoms with Crippen LogP contribution >= 0.6 is 0 Å². The molecule has 0 aliphatic heterocycles. The number of rotatable bonds is 5. The van der Waals surface area contributed by atoms with Crippen molar-refractivity contribution >= 4 is 0 Å². The van der Waals surface area contributed by atoms with Gasteiger partial charge in [0.25, 0.3) is 0 Å². The van der Waals surface area contributed by atoms with Gasteiger partial charge in [0.2, 0.25) is 0 Å². The third-order valence-corrected chi connectivity index (χ3v) is 2.88. The van der Waals surface area contributed by atoms with Crippen molar-refractivity contribution in [2.45, 2.75) is 25.7 Å². The number of pyridine rings is 1. The van der Waals surface area contributed by atoms with Gasteiger partial charge in [-0.25, -0.2) is 0 Å². The summed E-state index contributed by atoms with van der Waals surface area (Å²) in [6.45, 7) is 1.94. The van der Waals surface area contributed by atoms with E-state index in [0.717, 1.165) is 16.9 Å². The smallest absolute Gasteiger partial charge is 0.139 e. The number of hydrogen-bond donors (Lipinski definition) is 2. The maximum atomic E-state index is 9.01. The lowest BCUT2D eigenvalue weighted by molar-refractivity contribution is 0.180. The number of ether oxygens (including phenoxy) is 1. The monoisotopic (exact) mass is 258 g/mol. The van der Waals surface area contributed by atoms with Gasteiger partial charge >= 0.3 is 0 Å². The number of aromatic nitrogens is 1. The van der Waals surface area contributed by atoms with Gasteiger partial charge in [0.1, 0.15) is 11.9 Å². The van der Waals surface area contributed by atoms with Crippen LogP contribution in [0, 0.1) is 0 Å². The highest BCUT2D eigenvalue weighted by Gasteiger charge is 2.17. The molecule has 1 heterocycles. The van der Waals surface area contributed by atoms with Gasteiger partial charge in [-0.05, 0) is 42.3 Å². The van der Waals surface area contributed by atoms with Crippen LogP contribution in [0.2, 0.25) is 0 Å². The molecule has 0 amide bonds. The van der Waals surface area contributed by atoms with Crippen molar-refractivity contribution in [3.05, 3.63) is 59.9 Å². The Morgan fingerprint density at radius 2 is 1.79 bits per heavy atom. The fourth-order valence-corrected chi connectivity index (χ4v) is 1.85. The second-order valence-electron chi connectivity index (χ2n) is 4.48. The van der Waals surface area contributed by atoms with E-state index in [0.29, 0.717) is 0 Å². The minimum absolute atomic E-state index is 0.0291. The summed E-state index contributed by atoms with van der Waals surface area (Å²) < 4.78 is 5.93. The molecule has 0 radical (unpaired) electrons. The third kappa shape index (κ3) is 3.53. The van der Waals surface area contributed by atoms with Crippen molar-refractivity contribution in [2.24, 2.45) is 5.73 Å². The molecule has 2 unspecified atom stereocenters. The van der Waals surface area contributed by atoms with E-state index in [1.165, 1.54) is 0 Å². The van der Waals surface area contributed by atoms with Crippen molar-refractivity contribution in [3.8, 4) is 5.75 Å². The molecule has 2 aromatic rings. The fraction of sp³-hybridized carbons (Fsp3) is 0.267. The Morgan fingerprint density at radius 3 is 2.32 bits per heavy atom. The molecule has 0 saturated carbocycles. The zero-order valence-corrected chi connectivity index (χ0v) is 10.9. The van der Waals surface area contributed by atoms with Crippen LogP contribution in [0.1, 0.15) is 24.2 Å². The third-order valence-electron chi connectivity index (χ3n) is 2.88. The molecular formula is C15H18N2O2. The summed E-state index contributed by atoms with van der Waals surface area (Å²) in [4.78, 5) is 3.99. The summed E-state index contributed by atoms with van der Waals surface area (Å²) in [5, 5.41) is 9.01. The van der Waals surface area contributed by atoms with E-state index in [4.69, 9.17) is 15.6 Å². The summed E-state index contributed by atoms with van der Waals surface area (Å²) in [7, 11) is 0. The minimum atomic E-state index is -0.219. The molecule has 2 atom stereocenters. The number of nitrogens with two attached hydrogens (primary N) is 1. The Balaban J connectivity index is 2.17. The van der Waals surface area contributed by atoms with Crippen LogP contribution in [0.3, 0.4) is 0 Å². The zero-order chi connectivity index (χ0) is 13.7. The summed E-state index contributed by atoms with van der Waals surface area (Å²) in [5.41, 5.74) is 7.84. The average Bonchev–Trinajstić information content (AvgIpc) is 2.46. The SMILES string of the molecule is CC(N)C(Oc1ccc(CO)cc1)c1ccncc1. The van der Waals surface area contributed by atoms with Gasteiger partial charge in [-0.1, -0.05) is 12.1 Å². The first-order valence-corrected chi connectivity index (χ1v) is 6.22. The highest BCUT2D eigenvalue weighted by Crippen LogP contribution is 2.24. The summed E-state index contributed by atoms with van der Waals surface area (Å²) in [5.74, 6) is 0.733. The number of aliphatic hydroxyl groups is 1. The highest BCUT2D eigenvalue weighted by atomic mass is 16.5. The molecule has 4 nitrogen and oxygen atoms in total. The molecule has 1 aromatic carbocycles. The van der Waals surface area contributed by atoms with Gasteiger partial charge in [-0.2, -0.15) is 0 Å². The van der Waals surface area contributed by atoms with Gasteiger partial charge in [0.15, 0.2) is 0 Å². The van der Waals surface area contributed by atoms with E-state index >= 15 is 0 Å². The molecule has 0 fully saturated rings. The average molecular weight is 258 g/mol. The van der Waals surface area contributed by atoms with Crippen LogP contribution in [0.15, 0.2) is 48.8 Å². The normalized spacial score (nSPS) is 13.8. The van der Waals surface area contributed by atoms with Crippen LogP contribution in [-0.2, 0) is 6.61 Å². The lowest BCUT2D eigenvalue weighted by atomic mass is 10.1. The first kappa shape index (κ1) is 13.5. The Bertz CT molecular complexity index is 497. The second kappa shape index (κ2) is 6.31. The quantitative estimate of drug-likeness (QED) is 0.861. The minimum Gasteiger partial charge on any atom is -0.484 e. The van der Waals surface area contributed by atoms with Crippen molar-refractivity contribution in [1.82, 2.24) is 4.98 Å². The molecule has 0 saturated heterocycles. The van der Waals surface area contributed by atoms with Crippen LogP contribution in [-0.4, -0.2) is 16.1 Å². The van der Waals surface area contributed by atoms with Crippen LogP contribution in [0.5, 0.6) is 5.75 Å². The molecule has 1 aromatic heterocycles. The lowest BCUT2D eigenvalue weighted by Gasteiger charge is -2.22. The Morgan fingerprint density at radius 1 is 1.16 bits per heavy atom. The van der Waals surface area contributed by atoms with Gasteiger partial charge in [0, 0.05) is 18.4 Å². The summed E-state index contributed by atoms with van der Waals surface area (Å²) in [6, 6.07) is 11.0. The van der Waals surface area contributed by atoms with Gasteiger partial charge in [-0.15, -0.1) is 0 Å². The highest BCUT2D eigenvalue weighted by molar-refractivity contribution is 5.28. The van der Waals surface area contributed by atoms with Crippen LogP contribution in [0.4, 0.5) is 0 Å². The molecule has 0 bridgehead atoms. The van der Waals surface area contributed by atoms with E-state index in [1.807, 2.05) is 43.3 Å². The van der Waals surface area contributed by atoms with E-state index in [-0.39, 0.29) is 18.8 Å². The molecule has 0 spiro atoms. The van der Waals surface area contributed by atoms with E-state index in [1.54, 1.807) is 12.4 Å². The number of nitrogens with zero attached hydrogens (tertiary/aromatic N) is 1. The van der Waals surface area contributed by atoms with Crippen molar-refractivity contribution in [1.29, 1.82) is 0 Å². The van der Waals surface area contributed by atoms with E-state index < -0.39 is 0 Å². The molecule has 19 heavy (non-hydrogen) atoms. The number of benzene rings is 1. The Kier molecular flexibility index (Phi) is 4.49. The molecular weight excluding hydrogens is 240 g/mol. The first-order valence-electron chi connectivity index (χ1n) is 6.22. The molecule has 100 valence electrons. The van der Waals surface area contributed by atoms with Crippen molar-refractivity contribution in [2.75, 3.05) is 0 Å². The predicted octanol–water partition coefficient (Wildman–Crippen LogP) is 2.04. The first-order chi connectivity index (χ1) is 9.20. The topological polar surface area (TPSA) is 68.4 Å². The maximum absolute atomic E-state index is 9.01. The summed E-state index contributed by atoms with van der Waals surface area (Å²) >= 11 is 0. The van der Waals surface area contributed by atoms with Crippen LogP contribution in [0.25, 0.3) is 0 Å². The fourth-order valence-electron chi connectivity index (χ4n) is 1.85. The molecule has 0 aliphatic rings. The van der Waals surface area contributed by atoms with E-state index in [2.05, 4.69) is 4.98 Å². The maximum Gasteiger partial charge on any atom is 0.139 e. The number of hydrogen-bond acceptors (Lipinski definition) is 4.